The Morgan fingerprint density at radius 1 is 0.974 bits per heavy atom. The lowest BCUT2D eigenvalue weighted by molar-refractivity contribution is -0.143. The molecular weight excluding hydrogens is 482 g/mol. The molecule has 9 nitrogen and oxygen atoms in total. The van der Waals surface area contributed by atoms with E-state index in [-0.39, 0.29) is 48.2 Å². The second-order valence-electron chi connectivity index (χ2n) is 11.2. The molecule has 1 saturated heterocycles. The van der Waals surface area contributed by atoms with Crippen molar-refractivity contribution in [3.05, 3.63) is 35.4 Å². The van der Waals surface area contributed by atoms with Crippen LogP contribution in [0.4, 0.5) is 0 Å². The second kappa shape index (κ2) is 12.7. The number of aryl methyl sites for hydroxylation is 1. The summed E-state index contributed by atoms with van der Waals surface area (Å²) in [5.74, 6) is -0.827. The molecule has 1 heterocycles. The molecule has 2 fully saturated rings. The SMILES string of the molecule is CN[C@@H](C)C(=O)N[C@H](C(=O)N1C[C@@H](NC(C)=O)C[C@H]1C(=O)NC1CCCc2ccccc21)C1CCCCC1. The van der Waals surface area contributed by atoms with Crippen LogP contribution < -0.4 is 21.3 Å². The maximum Gasteiger partial charge on any atom is 0.246 e. The molecule has 3 aliphatic rings. The first-order chi connectivity index (χ1) is 18.3. The zero-order valence-electron chi connectivity index (χ0n) is 22.9. The maximum atomic E-state index is 14.1. The third-order valence-corrected chi connectivity index (χ3v) is 8.49. The van der Waals surface area contributed by atoms with Gasteiger partial charge >= 0.3 is 0 Å². The Bertz CT molecular complexity index is 1020. The van der Waals surface area contributed by atoms with Crippen molar-refractivity contribution in [1.29, 1.82) is 0 Å². The first-order valence-corrected chi connectivity index (χ1v) is 14.2. The molecule has 38 heavy (non-hydrogen) atoms. The van der Waals surface area contributed by atoms with E-state index in [9.17, 15) is 19.2 Å². The van der Waals surface area contributed by atoms with E-state index >= 15 is 0 Å². The van der Waals surface area contributed by atoms with Gasteiger partial charge in [0.25, 0.3) is 0 Å². The number of fused-ring (bicyclic) bond motifs is 1. The lowest BCUT2D eigenvalue weighted by Gasteiger charge is -2.35. The van der Waals surface area contributed by atoms with Crippen molar-refractivity contribution in [2.75, 3.05) is 13.6 Å². The molecule has 0 spiro atoms. The summed E-state index contributed by atoms with van der Waals surface area (Å²) in [6, 6.07) is 5.92. The van der Waals surface area contributed by atoms with Gasteiger partial charge in [-0.1, -0.05) is 43.5 Å². The van der Waals surface area contributed by atoms with Crippen LogP contribution in [0, 0.1) is 5.92 Å². The highest BCUT2D eigenvalue weighted by Gasteiger charge is 2.45. The Balaban J connectivity index is 1.56. The van der Waals surface area contributed by atoms with E-state index in [4.69, 9.17) is 0 Å². The number of likely N-dealkylation sites (tertiary alicyclic amines) is 1. The normalized spacial score (nSPS) is 25.1. The highest BCUT2D eigenvalue weighted by atomic mass is 16.2. The summed E-state index contributed by atoms with van der Waals surface area (Å²) in [4.78, 5) is 54.2. The molecule has 208 valence electrons. The standard InChI is InChI=1S/C29H43N5O4/c1-18(30-3)27(36)33-26(21-11-5-4-6-12-21)29(38)34-17-22(31-19(2)35)16-25(34)28(37)32-24-15-9-13-20-10-7-8-14-23(20)24/h7-8,10,14,18,21-22,24-26,30H,4-6,9,11-13,15-17H2,1-3H3,(H,31,35)(H,32,37)(H,33,36)/t18-,22-,24?,25-,26-/m0/s1. The Labute approximate surface area is 225 Å². The van der Waals surface area contributed by atoms with Gasteiger partial charge in [-0.3, -0.25) is 19.2 Å². The first kappa shape index (κ1) is 28.1. The van der Waals surface area contributed by atoms with Gasteiger partial charge in [-0.2, -0.15) is 0 Å². The van der Waals surface area contributed by atoms with Crippen molar-refractivity contribution in [2.24, 2.45) is 5.92 Å². The van der Waals surface area contributed by atoms with Crippen molar-refractivity contribution >= 4 is 23.6 Å². The van der Waals surface area contributed by atoms with Crippen molar-refractivity contribution in [3.63, 3.8) is 0 Å². The Kier molecular flexibility index (Phi) is 9.41. The number of nitrogens with one attached hydrogen (secondary N) is 4. The molecule has 0 bridgehead atoms. The van der Waals surface area contributed by atoms with Gasteiger partial charge in [0.05, 0.1) is 12.1 Å². The minimum Gasteiger partial charge on any atom is -0.352 e. The maximum absolute atomic E-state index is 14.1. The second-order valence-corrected chi connectivity index (χ2v) is 11.2. The summed E-state index contributed by atoms with van der Waals surface area (Å²) < 4.78 is 0. The number of hydrogen-bond donors (Lipinski definition) is 4. The van der Waals surface area contributed by atoms with Crippen LogP contribution in [0.3, 0.4) is 0 Å². The molecule has 1 aliphatic heterocycles. The fourth-order valence-corrected chi connectivity index (χ4v) is 6.33. The van der Waals surface area contributed by atoms with Gasteiger partial charge < -0.3 is 26.2 Å². The summed E-state index contributed by atoms with van der Waals surface area (Å²) in [6.07, 6.45) is 8.08. The molecule has 4 rings (SSSR count). The van der Waals surface area contributed by atoms with Gasteiger partial charge in [0.2, 0.25) is 23.6 Å². The Hall–Kier alpha value is -2.94. The molecule has 4 amide bonds. The molecule has 0 aromatic heterocycles. The number of likely N-dealkylation sites (N-methyl/N-ethyl adjacent to an activating group) is 1. The molecule has 1 unspecified atom stereocenters. The van der Waals surface area contributed by atoms with E-state index in [1.807, 2.05) is 12.1 Å². The number of hydrogen-bond acceptors (Lipinski definition) is 5. The molecule has 2 aliphatic carbocycles. The molecule has 9 heteroatoms. The molecule has 0 radical (unpaired) electrons. The van der Waals surface area contributed by atoms with Gasteiger partial charge in [0, 0.05) is 19.5 Å². The minimum absolute atomic E-state index is 0.0259. The van der Waals surface area contributed by atoms with E-state index < -0.39 is 18.1 Å². The largest absolute Gasteiger partial charge is 0.352 e. The third kappa shape index (κ3) is 6.54. The smallest absolute Gasteiger partial charge is 0.246 e. The zero-order valence-corrected chi connectivity index (χ0v) is 22.9. The van der Waals surface area contributed by atoms with Crippen molar-refractivity contribution in [1.82, 2.24) is 26.2 Å². The predicted molar refractivity (Wildman–Crippen MR) is 145 cm³/mol. The third-order valence-electron chi connectivity index (χ3n) is 8.49. The summed E-state index contributed by atoms with van der Waals surface area (Å²) in [6.45, 7) is 3.46. The average molecular weight is 526 g/mol. The van der Waals surface area contributed by atoms with Gasteiger partial charge in [0.15, 0.2) is 0 Å². The minimum atomic E-state index is -0.710. The van der Waals surface area contributed by atoms with Crippen LogP contribution in [0.15, 0.2) is 24.3 Å². The molecule has 4 N–H and O–H groups in total. The number of amides is 4. The van der Waals surface area contributed by atoms with Crippen LogP contribution in [0.25, 0.3) is 0 Å². The van der Waals surface area contributed by atoms with Crippen LogP contribution >= 0.6 is 0 Å². The fourth-order valence-electron chi connectivity index (χ4n) is 6.33. The average Bonchev–Trinajstić information content (AvgIpc) is 3.34. The quantitative estimate of drug-likeness (QED) is 0.414. The van der Waals surface area contributed by atoms with Gasteiger partial charge in [-0.15, -0.1) is 0 Å². The summed E-state index contributed by atoms with van der Waals surface area (Å²) in [7, 11) is 1.71. The molecule has 1 aromatic carbocycles. The Morgan fingerprint density at radius 2 is 1.71 bits per heavy atom. The summed E-state index contributed by atoms with van der Waals surface area (Å²) in [5, 5.41) is 12.1. The van der Waals surface area contributed by atoms with E-state index in [1.165, 1.54) is 12.5 Å². The van der Waals surface area contributed by atoms with Crippen LogP contribution in [-0.4, -0.2) is 66.3 Å². The number of carbonyl (C=O) groups excluding carboxylic acids is 4. The van der Waals surface area contributed by atoms with E-state index in [1.54, 1.807) is 18.9 Å². The van der Waals surface area contributed by atoms with Crippen molar-refractivity contribution in [2.45, 2.75) is 102 Å². The topological polar surface area (TPSA) is 120 Å². The van der Waals surface area contributed by atoms with Gasteiger partial charge in [0.1, 0.15) is 12.1 Å². The molecule has 1 saturated carbocycles. The molecule has 5 atom stereocenters. The summed E-state index contributed by atoms with van der Waals surface area (Å²) in [5.41, 5.74) is 2.38. The Morgan fingerprint density at radius 3 is 2.42 bits per heavy atom. The van der Waals surface area contributed by atoms with Crippen LogP contribution in [0.1, 0.15) is 82.4 Å². The number of nitrogens with zero attached hydrogens (tertiary/aromatic N) is 1. The first-order valence-electron chi connectivity index (χ1n) is 14.2. The van der Waals surface area contributed by atoms with E-state index in [2.05, 4.69) is 33.4 Å². The van der Waals surface area contributed by atoms with E-state index in [0.29, 0.717) is 6.42 Å². The van der Waals surface area contributed by atoms with E-state index in [0.717, 1.165) is 56.9 Å². The van der Waals surface area contributed by atoms with Crippen molar-refractivity contribution < 1.29 is 19.2 Å². The van der Waals surface area contributed by atoms with Gasteiger partial charge in [-0.25, -0.2) is 0 Å². The lowest BCUT2D eigenvalue weighted by Crippen LogP contribution is -2.58. The monoisotopic (exact) mass is 525 g/mol. The van der Waals surface area contributed by atoms with Crippen molar-refractivity contribution in [3.8, 4) is 0 Å². The fraction of sp³-hybridized carbons (Fsp3) is 0.655. The molecular formula is C29H43N5O4. The van der Waals surface area contributed by atoms with Crippen LogP contribution in [0.2, 0.25) is 0 Å². The number of benzene rings is 1. The van der Waals surface area contributed by atoms with Crippen LogP contribution in [0.5, 0.6) is 0 Å². The number of carbonyl (C=O) groups is 4. The predicted octanol–water partition coefficient (Wildman–Crippen LogP) is 1.96. The van der Waals surface area contributed by atoms with Gasteiger partial charge in [-0.05, 0) is 69.5 Å². The molecule has 1 aromatic rings. The lowest BCUT2D eigenvalue weighted by atomic mass is 9.83. The number of rotatable bonds is 8. The zero-order chi connectivity index (χ0) is 27.2. The summed E-state index contributed by atoms with van der Waals surface area (Å²) >= 11 is 0. The van der Waals surface area contributed by atoms with Crippen LogP contribution in [-0.2, 0) is 25.6 Å². The highest BCUT2D eigenvalue weighted by molar-refractivity contribution is 5.94. The highest BCUT2D eigenvalue weighted by Crippen LogP contribution is 2.32.